The Morgan fingerprint density at radius 1 is 1.12 bits per heavy atom. The second-order valence-corrected chi connectivity index (χ2v) is 7.71. The van der Waals surface area contributed by atoms with Gasteiger partial charge in [0.05, 0.1) is 0 Å². The van der Waals surface area contributed by atoms with Crippen molar-refractivity contribution in [1.82, 2.24) is 19.2 Å². The quantitative estimate of drug-likeness (QED) is 0.822. The second-order valence-electron chi connectivity index (χ2n) is 7.71. The lowest BCUT2D eigenvalue weighted by Crippen LogP contribution is -2.38. The van der Waals surface area contributed by atoms with Gasteiger partial charge in [0, 0.05) is 39.0 Å². The van der Waals surface area contributed by atoms with Gasteiger partial charge in [-0.25, -0.2) is 9.48 Å². The van der Waals surface area contributed by atoms with Crippen LogP contribution in [0.3, 0.4) is 0 Å². The number of rotatable bonds is 5. The Kier molecular flexibility index (Phi) is 5.97. The molecule has 1 saturated heterocycles. The lowest BCUT2D eigenvalue weighted by molar-refractivity contribution is -0.132. The lowest BCUT2D eigenvalue weighted by atomic mass is 9.86. The summed E-state index contributed by atoms with van der Waals surface area (Å²) < 4.78 is 3.20. The van der Waals surface area contributed by atoms with Crippen molar-refractivity contribution in [2.45, 2.75) is 77.2 Å². The fourth-order valence-electron chi connectivity index (χ4n) is 4.47. The van der Waals surface area contributed by atoms with E-state index in [9.17, 15) is 9.59 Å². The van der Waals surface area contributed by atoms with E-state index in [2.05, 4.69) is 5.10 Å². The van der Waals surface area contributed by atoms with Gasteiger partial charge in [0.2, 0.25) is 5.91 Å². The molecule has 6 heteroatoms. The lowest BCUT2D eigenvalue weighted by Gasteiger charge is -2.32. The van der Waals surface area contributed by atoms with Crippen molar-refractivity contribution < 1.29 is 4.79 Å². The number of hydrogen-bond acceptors (Lipinski definition) is 3. The third-order valence-corrected chi connectivity index (χ3v) is 6.06. The van der Waals surface area contributed by atoms with Crippen molar-refractivity contribution >= 4 is 5.91 Å². The summed E-state index contributed by atoms with van der Waals surface area (Å²) in [6.07, 6.45) is 10.3. The first-order valence-corrected chi connectivity index (χ1v) is 10.0. The molecule has 0 N–H and O–H groups in total. The molecule has 2 aliphatic rings. The SMILES string of the molecule is CCn1c(C2CCN(C(=O)CCC3CCCCC3)CC2)nn(C)c1=O. The Labute approximate surface area is 150 Å². The second kappa shape index (κ2) is 8.19. The average molecular weight is 348 g/mol. The van der Waals surface area contributed by atoms with Crippen LogP contribution >= 0.6 is 0 Å². The molecule has 1 aliphatic carbocycles. The fourth-order valence-corrected chi connectivity index (χ4v) is 4.47. The monoisotopic (exact) mass is 348 g/mol. The van der Waals surface area contributed by atoms with Crippen LogP contribution in [-0.4, -0.2) is 38.2 Å². The van der Waals surface area contributed by atoms with Gasteiger partial charge in [0.1, 0.15) is 5.82 Å². The number of aromatic nitrogens is 3. The van der Waals surface area contributed by atoms with Crippen LogP contribution in [0, 0.1) is 5.92 Å². The highest BCUT2D eigenvalue weighted by molar-refractivity contribution is 5.76. The predicted octanol–water partition coefficient (Wildman–Crippen LogP) is 2.67. The van der Waals surface area contributed by atoms with E-state index in [1.165, 1.54) is 36.8 Å². The third-order valence-electron chi connectivity index (χ3n) is 6.06. The molecular weight excluding hydrogens is 316 g/mol. The third kappa shape index (κ3) is 4.15. The number of piperidine rings is 1. The zero-order valence-electron chi connectivity index (χ0n) is 15.7. The highest BCUT2D eigenvalue weighted by Gasteiger charge is 2.28. The van der Waals surface area contributed by atoms with Gasteiger partial charge < -0.3 is 4.90 Å². The van der Waals surface area contributed by atoms with Crippen molar-refractivity contribution in [3.8, 4) is 0 Å². The minimum Gasteiger partial charge on any atom is -0.343 e. The number of hydrogen-bond donors (Lipinski definition) is 0. The van der Waals surface area contributed by atoms with E-state index in [0.29, 0.717) is 18.9 Å². The van der Waals surface area contributed by atoms with Crippen LogP contribution in [0.15, 0.2) is 4.79 Å². The first kappa shape index (κ1) is 18.2. The molecule has 1 aliphatic heterocycles. The maximum Gasteiger partial charge on any atom is 0.345 e. The summed E-state index contributed by atoms with van der Waals surface area (Å²) in [7, 11) is 1.71. The van der Waals surface area contributed by atoms with Crippen LogP contribution in [0.25, 0.3) is 0 Å². The van der Waals surface area contributed by atoms with Gasteiger partial charge in [-0.3, -0.25) is 9.36 Å². The van der Waals surface area contributed by atoms with E-state index in [0.717, 1.165) is 44.1 Å². The Balaban J connectivity index is 1.50. The molecular formula is C19H32N4O2. The van der Waals surface area contributed by atoms with Crippen LogP contribution in [0.4, 0.5) is 0 Å². The minimum absolute atomic E-state index is 0.0384. The average Bonchev–Trinajstić information content (AvgIpc) is 2.95. The normalized spacial score (nSPS) is 20.2. The van der Waals surface area contributed by atoms with Crippen LogP contribution in [0.1, 0.15) is 76.5 Å². The molecule has 0 radical (unpaired) electrons. The molecule has 0 aromatic carbocycles. The Morgan fingerprint density at radius 2 is 1.80 bits per heavy atom. The molecule has 2 fully saturated rings. The maximum atomic E-state index is 12.5. The largest absolute Gasteiger partial charge is 0.345 e. The smallest absolute Gasteiger partial charge is 0.343 e. The summed E-state index contributed by atoms with van der Waals surface area (Å²) in [5.41, 5.74) is -0.0384. The van der Waals surface area contributed by atoms with Crippen molar-refractivity contribution in [2.75, 3.05) is 13.1 Å². The number of carbonyl (C=O) groups is 1. The van der Waals surface area contributed by atoms with Gasteiger partial charge in [0.25, 0.3) is 0 Å². The first-order valence-electron chi connectivity index (χ1n) is 10.0. The van der Waals surface area contributed by atoms with E-state index in [1.807, 2.05) is 11.8 Å². The predicted molar refractivity (Wildman–Crippen MR) is 97.5 cm³/mol. The molecule has 1 aromatic rings. The molecule has 3 rings (SSSR count). The van der Waals surface area contributed by atoms with Crippen molar-refractivity contribution in [3.05, 3.63) is 16.3 Å². The highest BCUT2D eigenvalue weighted by atomic mass is 16.2. The summed E-state index contributed by atoms with van der Waals surface area (Å²) >= 11 is 0. The van der Waals surface area contributed by atoms with E-state index in [1.54, 1.807) is 11.6 Å². The van der Waals surface area contributed by atoms with Gasteiger partial charge in [-0.15, -0.1) is 0 Å². The van der Waals surface area contributed by atoms with Gasteiger partial charge >= 0.3 is 5.69 Å². The van der Waals surface area contributed by atoms with Crippen molar-refractivity contribution in [2.24, 2.45) is 13.0 Å². The molecule has 0 unspecified atom stereocenters. The molecule has 6 nitrogen and oxygen atoms in total. The summed E-state index contributed by atoms with van der Waals surface area (Å²) in [5, 5.41) is 4.44. The van der Waals surface area contributed by atoms with Crippen molar-refractivity contribution in [3.63, 3.8) is 0 Å². The maximum absolute atomic E-state index is 12.5. The van der Waals surface area contributed by atoms with E-state index in [-0.39, 0.29) is 11.6 Å². The topological polar surface area (TPSA) is 60.1 Å². The molecule has 0 spiro atoms. The molecule has 1 amide bonds. The summed E-state index contributed by atoms with van der Waals surface area (Å²) in [6, 6.07) is 0. The summed E-state index contributed by atoms with van der Waals surface area (Å²) in [6.45, 7) is 4.23. The number of nitrogens with zero attached hydrogens (tertiary/aromatic N) is 4. The van der Waals surface area contributed by atoms with Crippen LogP contribution in [0.5, 0.6) is 0 Å². The molecule has 0 atom stereocenters. The summed E-state index contributed by atoms with van der Waals surface area (Å²) in [5.74, 6) is 2.27. The Bertz CT molecular complexity index is 634. The number of carbonyl (C=O) groups excluding carboxylic acids is 1. The van der Waals surface area contributed by atoms with Gasteiger partial charge in [-0.05, 0) is 32.1 Å². The minimum atomic E-state index is -0.0384. The molecule has 140 valence electrons. The van der Waals surface area contributed by atoms with Crippen molar-refractivity contribution in [1.29, 1.82) is 0 Å². The van der Waals surface area contributed by atoms with Gasteiger partial charge in [-0.1, -0.05) is 32.1 Å². The van der Waals surface area contributed by atoms with E-state index >= 15 is 0 Å². The van der Waals surface area contributed by atoms with Gasteiger partial charge in [-0.2, -0.15) is 5.10 Å². The molecule has 0 bridgehead atoms. The molecule has 2 heterocycles. The standard InChI is InChI=1S/C19H32N4O2/c1-3-23-18(20-21(2)19(23)25)16-11-13-22(14-12-16)17(24)10-9-15-7-5-4-6-8-15/h15-16H,3-14H2,1-2H3. The van der Waals surface area contributed by atoms with Crippen LogP contribution in [0.2, 0.25) is 0 Å². The molecule has 1 aromatic heterocycles. The Hall–Kier alpha value is -1.59. The number of aryl methyl sites for hydroxylation is 1. The zero-order valence-corrected chi connectivity index (χ0v) is 15.7. The molecule has 25 heavy (non-hydrogen) atoms. The first-order chi connectivity index (χ1) is 12.1. The van der Waals surface area contributed by atoms with E-state index in [4.69, 9.17) is 0 Å². The van der Waals surface area contributed by atoms with Gasteiger partial charge in [0.15, 0.2) is 0 Å². The fraction of sp³-hybridized carbons (Fsp3) is 0.842. The van der Waals surface area contributed by atoms with Crippen LogP contribution < -0.4 is 5.69 Å². The van der Waals surface area contributed by atoms with Crippen LogP contribution in [-0.2, 0) is 18.4 Å². The summed E-state index contributed by atoms with van der Waals surface area (Å²) in [4.78, 5) is 26.6. The number of amides is 1. The van der Waals surface area contributed by atoms with E-state index < -0.39 is 0 Å². The Morgan fingerprint density at radius 3 is 2.44 bits per heavy atom. The highest BCUT2D eigenvalue weighted by Crippen LogP contribution is 2.29. The molecule has 1 saturated carbocycles. The zero-order chi connectivity index (χ0) is 17.8. The number of likely N-dealkylation sites (tertiary alicyclic amines) is 1.